The van der Waals surface area contributed by atoms with Crippen molar-refractivity contribution in [2.45, 2.75) is 46.0 Å². The second-order valence-electron chi connectivity index (χ2n) is 5.23. The fourth-order valence-corrected chi connectivity index (χ4v) is 2.08. The molecule has 0 amide bonds. The number of nitrogens with one attached hydrogen (secondary N) is 1. The Morgan fingerprint density at radius 1 is 1.27 bits per heavy atom. The van der Waals surface area contributed by atoms with Crippen LogP contribution in [0.15, 0.2) is 29.3 Å². The number of aryl methyl sites for hydroxylation is 1. The van der Waals surface area contributed by atoms with Crippen molar-refractivity contribution in [3.05, 3.63) is 29.8 Å². The highest BCUT2D eigenvalue weighted by Crippen LogP contribution is 2.09. The Bertz CT molecular complexity index is 487. The number of unbranched alkanes of at least 4 members (excludes halogenated alkanes) is 3. The summed E-state index contributed by atoms with van der Waals surface area (Å²) in [6.07, 6.45) is 4.41. The molecule has 5 nitrogen and oxygen atoms in total. The first kappa shape index (κ1) is 18.0. The largest absolute Gasteiger partial charge is 0.466 e. The summed E-state index contributed by atoms with van der Waals surface area (Å²) in [5.41, 5.74) is 7.98. The van der Waals surface area contributed by atoms with Crippen LogP contribution >= 0.6 is 0 Å². The van der Waals surface area contributed by atoms with Crippen LogP contribution in [0.1, 0.15) is 44.6 Å². The van der Waals surface area contributed by atoms with Crippen molar-refractivity contribution in [2.75, 3.05) is 18.5 Å². The number of hydrogen-bond acceptors (Lipinski definition) is 3. The average molecular weight is 305 g/mol. The van der Waals surface area contributed by atoms with Crippen LogP contribution in [0.25, 0.3) is 0 Å². The third-order valence-corrected chi connectivity index (χ3v) is 3.17. The molecule has 122 valence electrons. The maximum atomic E-state index is 11.1. The number of anilines is 1. The van der Waals surface area contributed by atoms with Crippen molar-refractivity contribution >= 4 is 17.6 Å². The van der Waals surface area contributed by atoms with Gasteiger partial charge < -0.3 is 15.8 Å². The summed E-state index contributed by atoms with van der Waals surface area (Å²) >= 11 is 0. The molecule has 1 aromatic carbocycles. The van der Waals surface area contributed by atoms with Gasteiger partial charge in [0.05, 0.1) is 6.61 Å². The zero-order valence-corrected chi connectivity index (χ0v) is 13.6. The standard InChI is InChI=1S/C17H27N3O2/c1-3-22-16(21)11-6-4-5-7-12-19-17(18)20-15-10-8-9-14(2)13-15/h8-10,13H,3-7,11-12H2,1-2H3,(H3,18,19,20). The number of benzene rings is 1. The number of carbonyl (C=O) groups excluding carboxylic acids is 1. The maximum Gasteiger partial charge on any atom is 0.305 e. The summed E-state index contributed by atoms with van der Waals surface area (Å²) in [7, 11) is 0. The smallest absolute Gasteiger partial charge is 0.305 e. The van der Waals surface area contributed by atoms with Crippen molar-refractivity contribution in [2.24, 2.45) is 10.7 Å². The average Bonchev–Trinajstić information content (AvgIpc) is 2.46. The summed E-state index contributed by atoms with van der Waals surface area (Å²) in [6.45, 7) is 5.02. The zero-order chi connectivity index (χ0) is 16.2. The first-order valence-corrected chi connectivity index (χ1v) is 7.91. The highest BCUT2D eigenvalue weighted by molar-refractivity contribution is 5.92. The minimum absolute atomic E-state index is 0.105. The van der Waals surface area contributed by atoms with Crippen LogP contribution in [0.2, 0.25) is 0 Å². The van der Waals surface area contributed by atoms with E-state index in [9.17, 15) is 4.79 Å². The van der Waals surface area contributed by atoms with Crippen molar-refractivity contribution in [1.82, 2.24) is 0 Å². The Balaban J connectivity index is 2.11. The van der Waals surface area contributed by atoms with Crippen molar-refractivity contribution in [1.29, 1.82) is 0 Å². The second-order valence-corrected chi connectivity index (χ2v) is 5.23. The molecule has 0 heterocycles. The molecule has 22 heavy (non-hydrogen) atoms. The summed E-state index contributed by atoms with van der Waals surface area (Å²) in [6, 6.07) is 8.01. The van der Waals surface area contributed by atoms with Gasteiger partial charge in [-0.15, -0.1) is 0 Å². The van der Waals surface area contributed by atoms with Crippen LogP contribution in [0.3, 0.4) is 0 Å². The molecule has 0 aromatic heterocycles. The molecule has 0 fully saturated rings. The molecule has 0 spiro atoms. The van der Waals surface area contributed by atoms with E-state index < -0.39 is 0 Å². The molecule has 0 bridgehead atoms. The van der Waals surface area contributed by atoms with E-state index in [1.165, 1.54) is 5.56 Å². The Hall–Kier alpha value is -2.04. The molecule has 0 saturated heterocycles. The monoisotopic (exact) mass is 305 g/mol. The van der Waals surface area contributed by atoms with Crippen LogP contribution in [0.5, 0.6) is 0 Å². The Morgan fingerprint density at radius 3 is 2.77 bits per heavy atom. The van der Waals surface area contributed by atoms with Gasteiger partial charge in [-0.1, -0.05) is 25.0 Å². The first-order chi connectivity index (χ1) is 10.6. The third-order valence-electron chi connectivity index (χ3n) is 3.17. The van der Waals surface area contributed by atoms with Gasteiger partial charge in [0.15, 0.2) is 5.96 Å². The number of carbonyl (C=O) groups is 1. The van der Waals surface area contributed by atoms with Crippen LogP contribution in [0.4, 0.5) is 5.69 Å². The zero-order valence-electron chi connectivity index (χ0n) is 13.6. The van der Waals surface area contributed by atoms with E-state index in [0.717, 1.165) is 31.4 Å². The van der Waals surface area contributed by atoms with E-state index in [4.69, 9.17) is 10.5 Å². The van der Waals surface area contributed by atoms with Crippen LogP contribution in [-0.4, -0.2) is 25.1 Å². The molecule has 3 N–H and O–H groups in total. The molecule has 1 rings (SSSR count). The lowest BCUT2D eigenvalue weighted by Crippen LogP contribution is -2.22. The quantitative estimate of drug-likeness (QED) is 0.318. The molecule has 0 atom stereocenters. The molecular weight excluding hydrogens is 278 g/mol. The predicted octanol–water partition coefficient (Wildman–Crippen LogP) is 3.24. The minimum Gasteiger partial charge on any atom is -0.466 e. The lowest BCUT2D eigenvalue weighted by molar-refractivity contribution is -0.143. The molecule has 0 radical (unpaired) electrons. The van der Waals surface area contributed by atoms with E-state index in [1.54, 1.807) is 0 Å². The van der Waals surface area contributed by atoms with E-state index >= 15 is 0 Å². The Labute approximate surface area is 133 Å². The molecule has 0 aliphatic carbocycles. The van der Waals surface area contributed by atoms with Gasteiger partial charge in [-0.05, 0) is 44.4 Å². The number of ether oxygens (including phenoxy) is 1. The summed E-state index contributed by atoms with van der Waals surface area (Å²) in [4.78, 5) is 15.5. The van der Waals surface area contributed by atoms with Crippen LogP contribution in [-0.2, 0) is 9.53 Å². The minimum atomic E-state index is -0.105. The van der Waals surface area contributed by atoms with Crippen LogP contribution in [0, 0.1) is 6.92 Å². The Kier molecular flexibility index (Phi) is 8.72. The number of nitrogens with two attached hydrogens (primary N) is 1. The van der Waals surface area contributed by atoms with Crippen LogP contribution < -0.4 is 11.1 Å². The number of hydrogen-bond donors (Lipinski definition) is 2. The molecule has 1 aromatic rings. The molecule has 0 unspecified atom stereocenters. The third kappa shape index (κ3) is 8.29. The van der Waals surface area contributed by atoms with Gasteiger partial charge in [-0.25, -0.2) is 0 Å². The number of guanidine groups is 1. The molecule has 0 aliphatic heterocycles. The van der Waals surface area contributed by atoms with E-state index in [2.05, 4.69) is 10.3 Å². The fraction of sp³-hybridized carbons (Fsp3) is 0.529. The SMILES string of the molecule is CCOC(=O)CCCCCCN=C(N)Nc1cccc(C)c1. The molecular formula is C17H27N3O2. The number of nitrogens with zero attached hydrogens (tertiary/aromatic N) is 1. The van der Waals surface area contributed by atoms with Gasteiger partial charge >= 0.3 is 5.97 Å². The number of rotatable bonds is 9. The van der Waals surface area contributed by atoms with Gasteiger partial charge in [0.1, 0.15) is 0 Å². The topological polar surface area (TPSA) is 76.7 Å². The van der Waals surface area contributed by atoms with E-state index in [0.29, 0.717) is 25.5 Å². The van der Waals surface area contributed by atoms with Gasteiger partial charge in [-0.2, -0.15) is 0 Å². The summed E-state index contributed by atoms with van der Waals surface area (Å²) < 4.78 is 4.88. The first-order valence-electron chi connectivity index (χ1n) is 7.91. The van der Waals surface area contributed by atoms with Gasteiger partial charge in [0, 0.05) is 18.7 Å². The number of aliphatic imine (C=N–C) groups is 1. The summed E-state index contributed by atoms with van der Waals surface area (Å²) in [5, 5.41) is 3.08. The fourth-order valence-electron chi connectivity index (χ4n) is 2.08. The van der Waals surface area contributed by atoms with Gasteiger partial charge in [0.25, 0.3) is 0 Å². The normalized spacial score (nSPS) is 11.3. The highest BCUT2D eigenvalue weighted by atomic mass is 16.5. The highest BCUT2D eigenvalue weighted by Gasteiger charge is 2.00. The molecule has 5 heteroatoms. The van der Waals surface area contributed by atoms with Gasteiger partial charge in [-0.3, -0.25) is 9.79 Å². The van der Waals surface area contributed by atoms with E-state index in [-0.39, 0.29) is 5.97 Å². The lowest BCUT2D eigenvalue weighted by atomic mass is 10.1. The lowest BCUT2D eigenvalue weighted by Gasteiger charge is -2.06. The second kappa shape index (κ2) is 10.7. The predicted molar refractivity (Wildman–Crippen MR) is 91.0 cm³/mol. The van der Waals surface area contributed by atoms with Crippen molar-refractivity contribution in [3.8, 4) is 0 Å². The molecule has 0 aliphatic rings. The molecule has 0 saturated carbocycles. The maximum absolute atomic E-state index is 11.1. The van der Waals surface area contributed by atoms with Crippen molar-refractivity contribution < 1.29 is 9.53 Å². The number of esters is 1. The van der Waals surface area contributed by atoms with Gasteiger partial charge in [0.2, 0.25) is 0 Å². The summed E-state index contributed by atoms with van der Waals surface area (Å²) in [5.74, 6) is 0.337. The van der Waals surface area contributed by atoms with E-state index in [1.807, 2.05) is 38.1 Å². The Morgan fingerprint density at radius 2 is 2.05 bits per heavy atom. The van der Waals surface area contributed by atoms with Crippen molar-refractivity contribution in [3.63, 3.8) is 0 Å².